The summed E-state index contributed by atoms with van der Waals surface area (Å²) in [5.74, 6) is 0.283. The summed E-state index contributed by atoms with van der Waals surface area (Å²) in [6, 6.07) is 72.5. The molecule has 2 atom stereocenters. The van der Waals surface area contributed by atoms with E-state index in [1.807, 2.05) is 44.2 Å². The second-order valence-electron chi connectivity index (χ2n) is 16.2. The number of fused-ring (bicyclic) bond motifs is 6. The van der Waals surface area contributed by atoms with Gasteiger partial charge in [-0.2, -0.15) is 0 Å². The van der Waals surface area contributed by atoms with Crippen molar-refractivity contribution in [2.24, 2.45) is 0 Å². The zero-order valence-electron chi connectivity index (χ0n) is 37.4. The molecule has 0 saturated carbocycles. The molecule has 2 aliphatic rings. The van der Waals surface area contributed by atoms with E-state index in [1.165, 1.54) is 88.9 Å². The van der Waals surface area contributed by atoms with Crippen LogP contribution in [0.5, 0.6) is 0 Å². The highest BCUT2D eigenvalue weighted by molar-refractivity contribution is 6.10. The topological polar surface area (TPSA) is 8.17 Å². The molecule has 2 heterocycles. The molecule has 0 fully saturated rings. The first-order valence-electron chi connectivity index (χ1n) is 22.2. The van der Waals surface area contributed by atoms with E-state index in [4.69, 9.17) is 0 Å². The van der Waals surface area contributed by atoms with Crippen LogP contribution in [0, 0.1) is 13.8 Å². The monoisotopic (exact) mass is 828 g/mol. The number of anilines is 2. The molecule has 0 spiro atoms. The Labute approximate surface area is 380 Å². The van der Waals surface area contributed by atoms with Gasteiger partial charge in [0.05, 0.1) is 17.1 Å². The van der Waals surface area contributed by atoms with Crippen molar-refractivity contribution < 1.29 is 0 Å². The van der Waals surface area contributed by atoms with Crippen molar-refractivity contribution in [3.63, 3.8) is 0 Å². The fourth-order valence-electron chi connectivity index (χ4n) is 8.94. The first kappa shape index (κ1) is 43.0. The minimum absolute atomic E-state index is 0.254. The predicted octanol–water partition coefficient (Wildman–Crippen LogP) is 17.1. The van der Waals surface area contributed by atoms with Crippen LogP contribution in [0.4, 0.5) is 11.4 Å². The molecule has 314 valence electrons. The molecule has 0 bridgehead atoms. The smallest absolute Gasteiger partial charge is 0.0630 e. The van der Waals surface area contributed by atoms with Gasteiger partial charge in [-0.1, -0.05) is 188 Å². The number of hydrogen-bond acceptors (Lipinski definition) is 1. The first-order chi connectivity index (χ1) is 31.5. The maximum Gasteiger partial charge on any atom is 0.0630 e. The standard InChI is InChI=1S/C49H36N2.C7H8.C4H8.C2H4/c1-33-28-39(36-22-20-35(21-23-36)34-12-4-2-5-13-34)30-41(29-33)51-47-19-11-9-17-43(47)45-32-38(25-27-49(45)51)37-24-26-48-44(31-37)42-16-8-10-18-46(42)50(48)40-14-6-3-7-15-40;1-7-5-3-2-4-6-7;1-3-4-2;1-2/h2-32,44,48H,1H3;2-6H,1H3;3-4H,1-2H3;1-2H2/b;;4-3-;. The molecular weight excluding hydrogens is 773 g/mol. The van der Waals surface area contributed by atoms with Gasteiger partial charge in [0.25, 0.3) is 0 Å². The molecule has 11 rings (SSSR count). The van der Waals surface area contributed by atoms with Crippen LogP contribution in [0.25, 0.3) is 55.3 Å². The lowest BCUT2D eigenvalue weighted by atomic mass is 9.86. The number of aromatic nitrogens is 1. The Morgan fingerprint density at radius 1 is 0.453 bits per heavy atom. The molecule has 64 heavy (non-hydrogen) atoms. The molecule has 2 unspecified atom stereocenters. The highest BCUT2D eigenvalue weighted by Gasteiger charge is 2.38. The molecule has 0 amide bonds. The highest BCUT2D eigenvalue weighted by Crippen LogP contribution is 2.49. The van der Waals surface area contributed by atoms with Crippen LogP contribution in [0.1, 0.15) is 42.0 Å². The van der Waals surface area contributed by atoms with Crippen LogP contribution in [0.2, 0.25) is 0 Å². The van der Waals surface area contributed by atoms with Gasteiger partial charge >= 0.3 is 0 Å². The molecule has 0 saturated heterocycles. The third-order valence-corrected chi connectivity index (χ3v) is 12.0. The predicted molar refractivity (Wildman–Crippen MR) is 278 cm³/mol. The second-order valence-corrected chi connectivity index (χ2v) is 16.2. The van der Waals surface area contributed by atoms with Crippen LogP contribution >= 0.6 is 0 Å². The molecule has 1 aliphatic heterocycles. The Balaban J connectivity index is 0.000000379. The summed E-state index contributed by atoms with van der Waals surface area (Å²) in [5.41, 5.74) is 17.5. The summed E-state index contributed by atoms with van der Waals surface area (Å²) in [7, 11) is 0. The third-order valence-electron chi connectivity index (χ3n) is 12.0. The Bertz CT molecular complexity index is 3060. The molecule has 2 nitrogen and oxygen atoms in total. The van der Waals surface area contributed by atoms with E-state index in [9.17, 15) is 0 Å². The Morgan fingerprint density at radius 3 is 1.69 bits per heavy atom. The first-order valence-corrected chi connectivity index (χ1v) is 22.2. The minimum atomic E-state index is 0.254. The zero-order chi connectivity index (χ0) is 44.4. The van der Waals surface area contributed by atoms with Crippen molar-refractivity contribution in [3.8, 4) is 27.9 Å². The van der Waals surface area contributed by atoms with Gasteiger partial charge in [0.2, 0.25) is 0 Å². The Hall–Kier alpha value is -7.68. The van der Waals surface area contributed by atoms with E-state index in [0.717, 1.165) is 0 Å². The van der Waals surface area contributed by atoms with Gasteiger partial charge in [-0.3, -0.25) is 0 Å². The van der Waals surface area contributed by atoms with E-state index in [0.29, 0.717) is 0 Å². The van der Waals surface area contributed by atoms with Gasteiger partial charge in [-0.25, -0.2) is 0 Å². The van der Waals surface area contributed by atoms with Crippen molar-refractivity contribution >= 4 is 38.8 Å². The number of benzene rings is 8. The fourth-order valence-corrected chi connectivity index (χ4v) is 8.94. The van der Waals surface area contributed by atoms with Gasteiger partial charge in [-0.05, 0) is 121 Å². The maximum absolute atomic E-state index is 3.00. The lowest BCUT2D eigenvalue weighted by molar-refractivity contribution is 0.747. The van der Waals surface area contributed by atoms with Crippen LogP contribution < -0.4 is 4.90 Å². The van der Waals surface area contributed by atoms with Gasteiger partial charge < -0.3 is 9.47 Å². The summed E-state index contributed by atoms with van der Waals surface area (Å²) in [6.45, 7) is 14.3. The summed E-state index contributed by atoms with van der Waals surface area (Å²) >= 11 is 0. The summed E-state index contributed by atoms with van der Waals surface area (Å²) in [6.07, 6.45) is 11.2. The van der Waals surface area contributed by atoms with Crippen molar-refractivity contribution in [3.05, 3.63) is 266 Å². The van der Waals surface area contributed by atoms with E-state index in [1.54, 1.807) is 0 Å². The zero-order valence-corrected chi connectivity index (χ0v) is 37.4. The van der Waals surface area contributed by atoms with Crippen LogP contribution in [0.3, 0.4) is 0 Å². The summed E-state index contributed by atoms with van der Waals surface area (Å²) in [4.78, 5) is 2.49. The van der Waals surface area contributed by atoms with E-state index in [2.05, 4.69) is 237 Å². The SMILES string of the molecule is C/C=C\C.C=C.Cc1cc(-c2ccc(-c3ccccc3)cc2)cc(-n2c3ccccc3c3cc(C4=CC5c6ccccc6N(c6ccccc6)C5C=C4)ccc32)c1.Cc1ccccc1. The lowest BCUT2D eigenvalue weighted by Crippen LogP contribution is -2.28. The maximum atomic E-state index is 3.00. The number of nitrogens with zero attached hydrogens (tertiary/aromatic N) is 2. The number of allylic oxidation sites excluding steroid dienone is 4. The number of rotatable bonds is 5. The molecule has 2 heteroatoms. The number of hydrogen-bond donors (Lipinski definition) is 0. The molecular formula is C62H56N2. The van der Waals surface area contributed by atoms with Gasteiger partial charge in [0.1, 0.15) is 0 Å². The van der Waals surface area contributed by atoms with E-state index < -0.39 is 0 Å². The number of para-hydroxylation sites is 3. The lowest BCUT2D eigenvalue weighted by Gasteiger charge is -2.29. The minimum Gasteiger partial charge on any atom is -0.333 e. The molecule has 0 N–H and O–H groups in total. The summed E-state index contributed by atoms with van der Waals surface area (Å²) in [5, 5.41) is 2.54. The largest absolute Gasteiger partial charge is 0.333 e. The second kappa shape index (κ2) is 20.0. The van der Waals surface area contributed by atoms with E-state index >= 15 is 0 Å². The average Bonchev–Trinajstić information content (AvgIpc) is 3.88. The van der Waals surface area contributed by atoms with Crippen molar-refractivity contribution in [2.45, 2.75) is 39.7 Å². The van der Waals surface area contributed by atoms with Crippen LogP contribution in [0.15, 0.2) is 244 Å². The molecule has 1 aromatic heterocycles. The molecule has 1 aliphatic carbocycles. The third kappa shape index (κ3) is 8.96. The average molecular weight is 829 g/mol. The summed E-state index contributed by atoms with van der Waals surface area (Å²) < 4.78 is 2.44. The number of aryl methyl sites for hydroxylation is 2. The van der Waals surface area contributed by atoms with Gasteiger partial charge in [-0.15, -0.1) is 13.2 Å². The molecule has 0 radical (unpaired) electrons. The highest BCUT2D eigenvalue weighted by atomic mass is 15.2. The Morgan fingerprint density at radius 2 is 1.02 bits per heavy atom. The van der Waals surface area contributed by atoms with Crippen LogP contribution in [-0.2, 0) is 0 Å². The van der Waals surface area contributed by atoms with E-state index in [-0.39, 0.29) is 12.0 Å². The van der Waals surface area contributed by atoms with Gasteiger partial charge in [0, 0.05) is 33.8 Å². The van der Waals surface area contributed by atoms with Crippen LogP contribution in [-0.4, -0.2) is 10.6 Å². The Kier molecular flexibility index (Phi) is 13.4. The van der Waals surface area contributed by atoms with Gasteiger partial charge in [0.15, 0.2) is 0 Å². The van der Waals surface area contributed by atoms with Crippen molar-refractivity contribution in [1.29, 1.82) is 0 Å². The molecule has 9 aromatic rings. The normalized spacial score (nSPS) is 14.6. The fraction of sp³-hybridized carbons (Fsp3) is 0.0968. The molecule has 8 aromatic carbocycles. The van der Waals surface area contributed by atoms with Crippen molar-refractivity contribution in [2.75, 3.05) is 4.90 Å². The quantitative estimate of drug-likeness (QED) is 0.157. The van der Waals surface area contributed by atoms with Crippen molar-refractivity contribution in [1.82, 2.24) is 4.57 Å².